The van der Waals surface area contributed by atoms with Crippen LogP contribution in [0.5, 0.6) is 0 Å². The number of hydrogen-bond acceptors (Lipinski definition) is 6. The number of aliphatic hydroxyl groups excluding tert-OH is 1. The summed E-state index contributed by atoms with van der Waals surface area (Å²) >= 11 is 0. The summed E-state index contributed by atoms with van der Waals surface area (Å²) in [6.07, 6.45) is 1.40. The van der Waals surface area contributed by atoms with Gasteiger partial charge in [-0.15, -0.1) is 0 Å². The van der Waals surface area contributed by atoms with E-state index in [0.717, 1.165) is 0 Å². The summed E-state index contributed by atoms with van der Waals surface area (Å²) < 4.78 is 0. The molecule has 0 radical (unpaired) electrons. The molecule has 126 valence electrons. The van der Waals surface area contributed by atoms with Crippen molar-refractivity contribution in [2.45, 2.75) is 38.0 Å². The van der Waals surface area contributed by atoms with Gasteiger partial charge in [-0.3, -0.25) is 9.59 Å². The van der Waals surface area contributed by atoms with E-state index in [4.69, 9.17) is 15.8 Å². The van der Waals surface area contributed by atoms with E-state index in [1.54, 1.807) is 6.92 Å². The monoisotopic (exact) mass is 316 g/mol. The maximum absolute atomic E-state index is 12.3. The van der Waals surface area contributed by atoms with Crippen LogP contribution < -0.4 is 5.73 Å². The Morgan fingerprint density at radius 1 is 1.45 bits per heavy atom. The highest BCUT2D eigenvalue weighted by Crippen LogP contribution is 2.31. The zero-order valence-electron chi connectivity index (χ0n) is 12.8. The van der Waals surface area contributed by atoms with Gasteiger partial charge in [0.1, 0.15) is 5.54 Å². The van der Waals surface area contributed by atoms with Crippen LogP contribution in [0.3, 0.4) is 0 Å². The number of carboxylic acid groups (broad SMARTS) is 1. The summed E-state index contributed by atoms with van der Waals surface area (Å²) in [6, 6.07) is 0. The van der Waals surface area contributed by atoms with Crippen molar-refractivity contribution in [3.63, 3.8) is 0 Å². The largest absolute Gasteiger partial charge is 0.480 e. The molecule has 1 aliphatic rings. The number of nitrogens with two attached hydrogens (primary N) is 1. The zero-order chi connectivity index (χ0) is 16.9. The molecule has 1 fully saturated rings. The molecular formula is C13H25BN2O6. The van der Waals surface area contributed by atoms with Crippen molar-refractivity contribution in [3.05, 3.63) is 0 Å². The highest BCUT2D eigenvalue weighted by Gasteiger charge is 2.50. The normalized spacial score (nSPS) is 26.0. The Kier molecular flexibility index (Phi) is 6.79. The number of carbonyl (C=O) groups is 2. The standard InChI is InChI=1S/C13H25BN2O6/c1-2-9(7-17)11(18)16-6-10(4-3-5-14(21)22)13(15,8-16)12(19)20/h9-10,17,21-22H,2-8,15H2,1H3,(H,19,20)/t9-,10-,13-/m0/s1. The van der Waals surface area contributed by atoms with Gasteiger partial charge in [0, 0.05) is 19.0 Å². The van der Waals surface area contributed by atoms with Crippen LogP contribution in [0, 0.1) is 11.8 Å². The lowest BCUT2D eigenvalue weighted by Crippen LogP contribution is -2.55. The van der Waals surface area contributed by atoms with Crippen LogP contribution >= 0.6 is 0 Å². The summed E-state index contributed by atoms with van der Waals surface area (Å²) in [6.45, 7) is 1.61. The molecule has 8 nitrogen and oxygen atoms in total. The molecule has 1 aliphatic heterocycles. The van der Waals surface area contributed by atoms with Crippen molar-refractivity contribution in [3.8, 4) is 0 Å². The molecule has 3 atom stereocenters. The van der Waals surface area contributed by atoms with Crippen LogP contribution in [0.1, 0.15) is 26.2 Å². The van der Waals surface area contributed by atoms with Gasteiger partial charge in [-0.05, 0) is 19.2 Å². The number of carbonyl (C=O) groups excluding carboxylic acids is 1. The number of rotatable bonds is 8. The van der Waals surface area contributed by atoms with E-state index < -0.39 is 30.5 Å². The smallest absolute Gasteiger partial charge is 0.451 e. The molecule has 1 heterocycles. The fourth-order valence-corrected chi connectivity index (χ4v) is 2.88. The molecule has 9 heteroatoms. The Bertz CT molecular complexity index is 404. The molecule has 0 aliphatic carbocycles. The Morgan fingerprint density at radius 2 is 2.09 bits per heavy atom. The topological polar surface area (TPSA) is 144 Å². The molecule has 6 N–H and O–H groups in total. The number of carboxylic acids is 1. The van der Waals surface area contributed by atoms with E-state index in [9.17, 15) is 19.8 Å². The third kappa shape index (κ3) is 4.19. The lowest BCUT2D eigenvalue weighted by Gasteiger charge is -2.25. The highest BCUT2D eigenvalue weighted by molar-refractivity contribution is 6.40. The van der Waals surface area contributed by atoms with Gasteiger partial charge in [0.05, 0.1) is 12.5 Å². The lowest BCUT2D eigenvalue weighted by atomic mass is 9.78. The minimum atomic E-state index is -1.54. The van der Waals surface area contributed by atoms with E-state index in [2.05, 4.69) is 0 Å². The minimum absolute atomic E-state index is 0.0932. The van der Waals surface area contributed by atoms with Gasteiger partial charge in [0.25, 0.3) is 0 Å². The molecule has 22 heavy (non-hydrogen) atoms. The first kappa shape index (κ1) is 18.9. The first-order chi connectivity index (χ1) is 10.3. The highest BCUT2D eigenvalue weighted by atomic mass is 16.4. The van der Waals surface area contributed by atoms with E-state index in [1.165, 1.54) is 4.90 Å². The molecule has 1 rings (SSSR count). The van der Waals surface area contributed by atoms with Crippen LogP contribution in [0.2, 0.25) is 6.32 Å². The molecule has 0 aromatic rings. The molecule has 0 saturated carbocycles. The second kappa shape index (κ2) is 7.91. The average molecular weight is 316 g/mol. The van der Waals surface area contributed by atoms with Crippen molar-refractivity contribution in [2.24, 2.45) is 17.6 Å². The van der Waals surface area contributed by atoms with Crippen molar-refractivity contribution < 1.29 is 29.9 Å². The summed E-state index contributed by atoms with van der Waals surface area (Å²) in [4.78, 5) is 25.2. The summed E-state index contributed by atoms with van der Waals surface area (Å²) in [5.41, 5.74) is 4.46. The number of aliphatic carboxylic acids is 1. The molecule has 0 bridgehead atoms. The van der Waals surface area contributed by atoms with Gasteiger partial charge in [-0.25, -0.2) is 0 Å². The van der Waals surface area contributed by atoms with E-state index in [0.29, 0.717) is 19.3 Å². The summed E-state index contributed by atoms with van der Waals surface area (Å²) in [5, 5.41) is 36.3. The number of amides is 1. The SMILES string of the molecule is CC[C@@H](CO)C(=O)N1C[C@H](CCCB(O)O)[C@](N)(C(=O)O)C1. The van der Waals surface area contributed by atoms with Crippen molar-refractivity contribution >= 4 is 19.0 Å². The molecule has 0 aromatic heterocycles. The summed E-state index contributed by atoms with van der Waals surface area (Å²) in [5.74, 6) is -2.46. The number of nitrogens with zero attached hydrogens (tertiary/aromatic N) is 1. The van der Waals surface area contributed by atoms with Crippen LogP contribution in [0.25, 0.3) is 0 Å². The minimum Gasteiger partial charge on any atom is -0.480 e. The maximum Gasteiger partial charge on any atom is 0.451 e. The zero-order valence-corrected chi connectivity index (χ0v) is 12.8. The second-order valence-corrected chi connectivity index (χ2v) is 5.96. The number of likely N-dealkylation sites (tertiary alicyclic amines) is 1. The van der Waals surface area contributed by atoms with Crippen molar-refractivity contribution in [1.29, 1.82) is 0 Å². The van der Waals surface area contributed by atoms with Crippen LogP contribution in [0.15, 0.2) is 0 Å². The van der Waals surface area contributed by atoms with E-state index >= 15 is 0 Å². The average Bonchev–Trinajstić information content (AvgIpc) is 2.78. The van der Waals surface area contributed by atoms with E-state index in [1.807, 2.05) is 0 Å². The van der Waals surface area contributed by atoms with Gasteiger partial charge in [-0.2, -0.15) is 0 Å². The van der Waals surface area contributed by atoms with Crippen LogP contribution in [-0.4, -0.2) is 69.4 Å². The number of aliphatic hydroxyl groups is 1. The fraction of sp³-hybridized carbons (Fsp3) is 0.846. The first-order valence-electron chi connectivity index (χ1n) is 7.54. The predicted octanol–water partition coefficient (Wildman–Crippen LogP) is -1.50. The fourth-order valence-electron chi connectivity index (χ4n) is 2.88. The molecule has 0 unspecified atom stereocenters. The van der Waals surface area contributed by atoms with E-state index in [-0.39, 0.29) is 31.9 Å². The Morgan fingerprint density at radius 3 is 2.55 bits per heavy atom. The van der Waals surface area contributed by atoms with Gasteiger partial charge in [-0.1, -0.05) is 13.3 Å². The molecule has 1 amide bonds. The van der Waals surface area contributed by atoms with Gasteiger partial charge in [0.2, 0.25) is 5.91 Å². The molecule has 0 aromatic carbocycles. The third-order valence-electron chi connectivity index (χ3n) is 4.41. The lowest BCUT2D eigenvalue weighted by molar-refractivity contribution is -0.144. The molecular weight excluding hydrogens is 291 g/mol. The third-order valence-corrected chi connectivity index (χ3v) is 4.41. The van der Waals surface area contributed by atoms with Gasteiger partial charge < -0.3 is 30.9 Å². The Labute approximate surface area is 130 Å². The van der Waals surface area contributed by atoms with Gasteiger partial charge in [0.15, 0.2) is 0 Å². The van der Waals surface area contributed by atoms with Crippen molar-refractivity contribution in [2.75, 3.05) is 19.7 Å². The maximum atomic E-state index is 12.3. The van der Waals surface area contributed by atoms with Gasteiger partial charge >= 0.3 is 13.1 Å². The quantitative estimate of drug-likeness (QED) is 0.343. The predicted molar refractivity (Wildman–Crippen MR) is 79.7 cm³/mol. The molecule has 1 saturated heterocycles. The molecule has 0 spiro atoms. The van der Waals surface area contributed by atoms with Crippen LogP contribution in [-0.2, 0) is 9.59 Å². The van der Waals surface area contributed by atoms with Crippen molar-refractivity contribution in [1.82, 2.24) is 4.90 Å². The first-order valence-corrected chi connectivity index (χ1v) is 7.54. The Balaban J connectivity index is 2.79. The second-order valence-electron chi connectivity index (χ2n) is 5.96. The number of hydrogen-bond donors (Lipinski definition) is 5. The van der Waals surface area contributed by atoms with Crippen LogP contribution in [0.4, 0.5) is 0 Å². The summed E-state index contributed by atoms with van der Waals surface area (Å²) in [7, 11) is -1.44. The Hall–Kier alpha value is -1.16.